The van der Waals surface area contributed by atoms with Gasteiger partial charge >= 0.3 is 5.97 Å². The van der Waals surface area contributed by atoms with Crippen LogP contribution in [0.3, 0.4) is 0 Å². The van der Waals surface area contributed by atoms with Crippen molar-refractivity contribution >= 4 is 41.0 Å². The van der Waals surface area contributed by atoms with E-state index in [0.29, 0.717) is 15.1 Å². The van der Waals surface area contributed by atoms with Crippen molar-refractivity contribution in [2.75, 3.05) is 0 Å². The molecule has 2 aromatic carbocycles. The molecule has 1 heterocycles. The third-order valence-electron chi connectivity index (χ3n) is 4.06. The number of hydrogen-bond donors (Lipinski definition) is 0. The van der Waals surface area contributed by atoms with Crippen LogP contribution in [0, 0.1) is 0 Å². The van der Waals surface area contributed by atoms with E-state index in [4.69, 9.17) is 28.0 Å². The second-order valence-corrected chi connectivity index (χ2v) is 6.79. The van der Waals surface area contributed by atoms with Gasteiger partial charge in [-0.1, -0.05) is 53.5 Å². The second-order valence-electron chi connectivity index (χ2n) is 5.92. The fourth-order valence-electron chi connectivity index (χ4n) is 2.85. The third-order valence-corrected chi connectivity index (χ3v) is 4.50. The first-order chi connectivity index (χ1) is 12.4. The number of amides is 2. The number of imide groups is 1. The summed E-state index contributed by atoms with van der Waals surface area (Å²) >= 11 is 12.2. The summed E-state index contributed by atoms with van der Waals surface area (Å²) in [6.45, 7) is 0. The normalized spacial score (nSPS) is 15.2. The highest BCUT2D eigenvalue weighted by molar-refractivity contribution is 6.34. The first kappa shape index (κ1) is 18.4. The van der Waals surface area contributed by atoms with Crippen LogP contribution in [0.2, 0.25) is 10.0 Å². The van der Waals surface area contributed by atoms with Crippen LogP contribution in [0.4, 0.5) is 0 Å². The monoisotopic (exact) mass is 391 g/mol. The van der Waals surface area contributed by atoms with E-state index in [9.17, 15) is 14.4 Å². The first-order valence-electron chi connectivity index (χ1n) is 8.01. The molecule has 0 aromatic heterocycles. The van der Waals surface area contributed by atoms with Gasteiger partial charge in [-0.25, -0.2) is 4.79 Å². The largest absolute Gasteiger partial charge is 0.334 e. The minimum absolute atomic E-state index is 0.0537. The number of nitrogens with zero attached hydrogens (tertiary/aromatic N) is 1. The molecule has 0 saturated carbocycles. The molecule has 26 heavy (non-hydrogen) atoms. The molecule has 134 valence electrons. The van der Waals surface area contributed by atoms with Crippen molar-refractivity contribution in [1.82, 2.24) is 5.06 Å². The number of carbonyl (C=O) groups excluding carboxylic acids is 3. The second kappa shape index (κ2) is 7.89. The number of benzene rings is 2. The van der Waals surface area contributed by atoms with Crippen molar-refractivity contribution in [3.05, 3.63) is 69.7 Å². The molecule has 1 aliphatic heterocycles. The molecule has 0 aliphatic carbocycles. The predicted octanol–water partition coefficient (Wildman–Crippen LogP) is 4.12. The third kappa shape index (κ3) is 4.23. The fraction of sp³-hybridized carbons (Fsp3) is 0.211. The lowest BCUT2D eigenvalue weighted by Crippen LogP contribution is -2.32. The number of carbonyl (C=O) groups is 3. The summed E-state index contributed by atoms with van der Waals surface area (Å²) < 4.78 is 0. The standard InChI is InChI=1S/C19H15Cl2NO4/c20-14-8-13(9-15(21)10-14)16(12-4-2-1-3-5-12)11-19(25)26-22-17(23)6-7-18(22)24/h1-5,8-10,16H,6-7,11H2/t16-/m1/s1. The SMILES string of the molecule is O=C(C[C@H](c1ccccc1)c1cc(Cl)cc(Cl)c1)ON1C(=O)CCC1=O. The molecule has 1 saturated heterocycles. The van der Waals surface area contributed by atoms with Crippen LogP contribution in [0.25, 0.3) is 0 Å². The predicted molar refractivity (Wildman–Crippen MR) is 96.5 cm³/mol. The Balaban J connectivity index is 1.85. The Labute approximate surface area is 160 Å². The minimum atomic E-state index is -0.682. The van der Waals surface area contributed by atoms with Crippen LogP contribution in [0.5, 0.6) is 0 Å². The van der Waals surface area contributed by atoms with Crippen molar-refractivity contribution in [2.45, 2.75) is 25.2 Å². The molecular formula is C19H15Cl2NO4. The maximum Gasteiger partial charge on any atom is 0.334 e. The fourth-order valence-corrected chi connectivity index (χ4v) is 3.40. The minimum Gasteiger partial charge on any atom is -0.330 e. The van der Waals surface area contributed by atoms with Gasteiger partial charge in [0.15, 0.2) is 0 Å². The van der Waals surface area contributed by atoms with E-state index in [0.717, 1.165) is 11.1 Å². The number of hydroxylamine groups is 2. The van der Waals surface area contributed by atoms with Gasteiger partial charge in [0.2, 0.25) is 0 Å². The van der Waals surface area contributed by atoms with E-state index in [1.165, 1.54) is 0 Å². The number of halogens is 2. The molecule has 0 unspecified atom stereocenters. The summed E-state index contributed by atoms with van der Waals surface area (Å²) in [4.78, 5) is 40.6. The molecular weight excluding hydrogens is 377 g/mol. The van der Waals surface area contributed by atoms with Crippen LogP contribution in [0.1, 0.15) is 36.3 Å². The van der Waals surface area contributed by atoms with Crippen LogP contribution in [-0.4, -0.2) is 22.8 Å². The van der Waals surface area contributed by atoms with Gasteiger partial charge in [-0.2, -0.15) is 0 Å². The summed E-state index contributed by atoms with van der Waals surface area (Å²) in [5, 5.41) is 1.45. The number of rotatable bonds is 5. The molecule has 3 rings (SSSR count). The Bertz CT molecular complexity index is 818. The zero-order chi connectivity index (χ0) is 18.7. The number of hydrogen-bond acceptors (Lipinski definition) is 4. The highest BCUT2D eigenvalue weighted by atomic mass is 35.5. The zero-order valence-corrected chi connectivity index (χ0v) is 15.2. The molecule has 2 amide bonds. The van der Waals surface area contributed by atoms with Gasteiger partial charge in [0.1, 0.15) is 0 Å². The molecule has 0 N–H and O–H groups in total. The van der Waals surface area contributed by atoms with Gasteiger partial charge in [-0.15, -0.1) is 5.06 Å². The van der Waals surface area contributed by atoms with Crippen molar-refractivity contribution in [3.63, 3.8) is 0 Å². The van der Waals surface area contributed by atoms with Crippen molar-refractivity contribution in [1.29, 1.82) is 0 Å². The molecule has 1 atom stereocenters. The molecule has 0 spiro atoms. The highest BCUT2D eigenvalue weighted by Gasteiger charge is 2.33. The van der Waals surface area contributed by atoms with Crippen LogP contribution < -0.4 is 0 Å². The van der Waals surface area contributed by atoms with Crippen molar-refractivity contribution in [3.8, 4) is 0 Å². The summed E-state index contributed by atoms with van der Waals surface area (Å²) in [5.74, 6) is -2.08. The molecule has 7 heteroatoms. The van der Waals surface area contributed by atoms with E-state index in [1.54, 1.807) is 18.2 Å². The average molecular weight is 392 g/mol. The summed E-state index contributed by atoms with van der Waals surface area (Å²) in [6.07, 6.45) is 0.0357. The molecule has 0 bridgehead atoms. The zero-order valence-electron chi connectivity index (χ0n) is 13.7. The quantitative estimate of drug-likeness (QED) is 0.718. The van der Waals surface area contributed by atoms with Gasteiger partial charge < -0.3 is 4.84 Å². The Hall–Kier alpha value is -2.37. The molecule has 0 radical (unpaired) electrons. The maximum absolute atomic E-state index is 12.4. The Morgan fingerprint density at radius 2 is 1.54 bits per heavy atom. The molecule has 1 aliphatic rings. The van der Waals surface area contributed by atoms with Crippen LogP contribution in [0.15, 0.2) is 48.5 Å². The Morgan fingerprint density at radius 3 is 2.12 bits per heavy atom. The van der Waals surface area contributed by atoms with E-state index in [1.807, 2.05) is 30.3 Å². The molecule has 2 aromatic rings. The highest BCUT2D eigenvalue weighted by Crippen LogP contribution is 2.32. The van der Waals surface area contributed by atoms with E-state index < -0.39 is 17.8 Å². The summed E-state index contributed by atoms with van der Waals surface area (Å²) in [5.41, 5.74) is 1.60. The van der Waals surface area contributed by atoms with Gasteiger partial charge in [-0.05, 0) is 29.3 Å². The Morgan fingerprint density at radius 1 is 0.962 bits per heavy atom. The molecule has 1 fully saturated rings. The van der Waals surface area contributed by atoms with Crippen molar-refractivity contribution in [2.24, 2.45) is 0 Å². The van der Waals surface area contributed by atoms with Crippen LogP contribution in [-0.2, 0) is 19.2 Å². The summed E-state index contributed by atoms with van der Waals surface area (Å²) in [7, 11) is 0. The van der Waals surface area contributed by atoms with Gasteiger partial charge in [0.25, 0.3) is 11.8 Å². The van der Waals surface area contributed by atoms with Gasteiger partial charge in [-0.3, -0.25) is 9.59 Å². The van der Waals surface area contributed by atoms with Gasteiger partial charge in [0.05, 0.1) is 6.42 Å². The van der Waals surface area contributed by atoms with Crippen LogP contribution >= 0.6 is 23.2 Å². The van der Waals surface area contributed by atoms with E-state index in [2.05, 4.69) is 0 Å². The lowest BCUT2D eigenvalue weighted by Gasteiger charge is -2.19. The topological polar surface area (TPSA) is 63.7 Å². The average Bonchev–Trinajstić information content (AvgIpc) is 2.91. The maximum atomic E-state index is 12.4. The van der Waals surface area contributed by atoms with Crippen molar-refractivity contribution < 1.29 is 19.2 Å². The van der Waals surface area contributed by atoms with E-state index in [-0.39, 0.29) is 25.2 Å². The van der Waals surface area contributed by atoms with Gasteiger partial charge in [0, 0.05) is 28.8 Å². The lowest BCUT2D eigenvalue weighted by atomic mass is 9.88. The molecule has 5 nitrogen and oxygen atoms in total. The lowest BCUT2D eigenvalue weighted by molar-refractivity contribution is -0.197. The van der Waals surface area contributed by atoms with E-state index >= 15 is 0 Å². The summed E-state index contributed by atoms with van der Waals surface area (Å²) in [6, 6.07) is 14.4. The smallest absolute Gasteiger partial charge is 0.330 e. The first-order valence-corrected chi connectivity index (χ1v) is 8.77. The Kier molecular flexibility index (Phi) is 5.59.